The van der Waals surface area contributed by atoms with Gasteiger partial charge in [0.2, 0.25) is 5.78 Å². The molecule has 0 atom stereocenters. The quantitative estimate of drug-likeness (QED) is 0.233. The Hall–Kier alpha value is -4.26. The van der Waals surface area contributed by atoms with Crippen molar-refractivity contribution in [1.29, 1.82) is 0 Å². The number of nitrogens with zero attached hydrogens (tertiary/aromatic N) is 3. The molecule has 1 aliphatic rings. The summed E-state index contributed by atoms with van der Waals surface area (Å²) in [6, 6.07) is 21.2. The van der Waals surface area contributed by atoms with Gasteiger partial charge in [0.15, 0.2) is 0 Å². The maximum absolute atomic E-state index is 14.7. The van der Waals surface area contributed by atoms with Crippen molar-refractivity contribution in [3.8, 4) is 17.0 Å². The number of hydrogen-bond donors (Lipinski definition) is 0. The van der Waals surface area contributed by atoms with E-state index >= 15 is 0 Å². The first-order valence-electron chi connectivity index (χ1n) is 13.2. The van der Waals surface area contributed by atoms with E-state index in [0.29, 0.717) is 40.8 Å². The van der Waals surface area contributed by atoms with Crippen LogP contribution in [0.1, 0.15) is 40.9 Å². The molecule has 6 rings (SSSR count). The topological polar surface area (TPSA) is 48.5 Å². The van der Waals surface area contributed by atoms with E-state index in [1.165, 1.54) is 31.0 Å². The molecule has 1 saturated carbocycles. The van der Waals surface area contributed by atoms with Crippen LogP contribution in [0.25, 0.3) is 17.0 Å². The van der Waals surface area contributed by atoms with Crippen molar-refractivity contribution in [3.05, 3.63) is 123 Å². The summed E-state index contributed by atoms with van der Waals surface area (Å²) in [5.41, 5.74) is 4.04. The molecule has 5 aromatic rings. The van der Waals surface area contributed by atoms with Crippen molar-refractivity contribution in [2.75, 3.05) is 6.61 Å². The largest absolute Gasteiger partial charge is 0.493 e. The molecule has 39 heavy (non-hydrogen) atoms. The summed E-state index contributed by atoms with van der Waals surface area (Å²) in [6.07, 6.45) is 2.83. The normalized spacial score (nSPS) is 13.2. The SMILES string of the molecule is Cc1c(Cc2ccccc2)c(=O)n2c(C)c(-c3ccc(OCC4CC4)cc3)nc2n1Cc1c(F)cccc1F. The smallest absolute Gasteiger partial charge is 0.263 e. The van der Waals surface area contributed by atoms with Crippen molar-refractivity contribution in [2.45, 2.75) is 39.7 Å². The third kappa shape index (κ3) is 4.85. The summed E-state index contributed by atoms with van der Waals surface area (Å²) >= 11 is 0. The number of aromatic nitrogens is 3. The van der Waals surface area contributed by atoms with E-state index < -0.39 is 11.6 Å². The third-order valence-electron chi connectivity index (χ3n) is 7.55. The Morgan fingerprint density at radius 3 is 2.23 bits per heavy atom. The molecule has 198 valence electrons. The molecular weight excluding hydrogens is 496 g/mol. The van der Waals surface area contributed by atoms with Crippen LogP contribution in [0.2, 0.25) is 0 Å². The number of fused-ring (bicyclic) bond motifs is 1. The zero-order valence-electron chi connectivity index (χ0n) is 22.0. The molecule has 5 nitrogen and oxygen atoms in total. The average Bonchev–Trinajstić information content (AvgIpc) is 3.71. The third-order valence-corrected chi connectivity index (χ3v) is 7.55. The summed E-state index contributed by atoms with van der Waals surface area (Å²) in [5.74, 6) is 0.521. The number of halogens is 2. The van der Waals surface area contributed by atoms with Gasteiger partial charge in [-0.2, -0.15) is 0 Å². The maximum Gasteiger partial charge on any atom is 0.263 e. The van der Waals surface area contributed by atoms with E-state index in [9.17, 15) is 13.6 Å². The van der Waals surface area contributed by atoms with Gasteiger partial charge >= 0.3 is 0 Å². The predicted octanol–water partition coefficient (Wildman–Crippen LogP) is 6.49. The first-order valence-corrected chi connectivity index (χ1v) is 13.2. The number of aryl methyl sites for hydroxylation is 1. The molecule has 2 heterocycles. The van der Waals surface area contributed by atoms with Crippen LogP contribution in [-0.2, 0) is 13.0 Å². The highest BCUT2D eigenvalue weighted by Crippen LogP contribution is 2.31. The molecule has 0 amide bonds. The second-order valence-corrected chi connectivity index (χ2v) is 10.3. The van der Waals surface area contributed by atoms with E-state index in [1.807, 2.05) is 68.4 Å². The van der Waals surface area contributed by atoms with E-state index in [2.05, 4.69) is 0 Å². The fraction of sp³-hybridized carbons (Fsp3) is 0.250. The lowest BCUT2D eigenvalue weighted by molar-refractivity contribution is 0.300. The van der Waals surface area contributed by atoms with E-state index in [-0.39, 0.29) is 17.7 Å². The molecule has 3 aromatic carbocycles. The van der Waals surface area contributed by atoms with Gasteiger partial charge in [0.05, 0.1) is 24.5 Å². The molecular formula is C32H29F2N3O2. The van der Waals surface area contributed by atoms with Gasteiger partial charge in [-0.1, -0.05) is 36.4 Å². The van der Waals surface area contributed by atoms with Crippen LogP contribution in [0.15, 0.2) is 77.6 Å². The second-order valence-electron chi connectivity index (χ2n) is 10.3. The summed E-state index contributed by atoms with van der Waals surface area (Å²) in [4.78, 5) is 18.8. The molecule has 0 radical (unpaired) electrons. The Labute approximate surface area is 225 Å². The number of ether oxygens (including phenoxy) is 1. The van der Waals surface area contributed by atoms with Gasteiger partial charge in [-0.15, -0.1) is 0 Å². The van der Waals surface area contributed by atoms with Gasteiger partial charge < -0.3 is 9.30 Å². The first-order chi connectivity index (χ1) is 18.9. The summed E-state index contributed by atoms with van der Waals surface area (Å²) < 4.78 is 38.7. The van der Waals surface area contributed by atoms with Crippen molar-refractivity contribution >= 4 is 5.78 Å². The second kappa shape index (κ2) is 10.1. The van der Waals surface area contributed by atoms with Crippen molar-refractivity contribution in [1.82, 2.24) is 14.0 Å². The number of hydrogen-bond acceptors (Lipinski definition) is 3. The first kappa shape index (κ1) is 25.0. The van der Waals surface area contributed by atoms with Crippen LogP contribution in [0.5, 0.6) is 5.75 Å². The van der Waals surface area contributed by atoms with Gasteiger partial charge in [0.25, 0.3) is 5.56 Å². The number of benzene rings is 3. The Morgan fingerprint density at radius 2 is 1.56 bits per heavy atom. The lowest BCUT2D eigenvalue weighted by Gasteiger charge is -2.17. The Balaban J connectivity index is 1.50. The lowest BCUT2D eigenvalue weighted by Crippen LogP contribution is -2.27. The van der Waals surface area contributed by atoms with Gasteiger partial charge in [-0.25, -0.2) is 18.2 Å². The van der Waals surface area contributed by atoms with Crippen LogP contribution in [0, 0.1) is 31.4 Å². The number of rotatable bonds is 8. The fourth-order valence-corrected chi connectivity index (χ4v) is 5.03. The molecule has 0 N–H and O–H groups in total. The monoisotopic (exact) mass is 525 g/mol. The van der Waals surface area contributed by atoms with Gasteiger partial charge in [0, 0.05) is 28.8 Å². The summed E-state index contributed by atoms with van der Waals surface area (Å²) in [6.45, 7) is 4.29. The molecule has 0 saturated heterocycles. The molecule has 1 aliphatic carbocycles. The average molecular weight is 526 g/mol. The highest BCUT2D eigenvalue weighted by Gasteiger charge is 2.23. The van der Waals surface area contributed by atoms with Gasteiger partial charge in [-0.3, -0.25) is 4.79 Å². The Bertz CT molecular complexity index is 1700. The van der Waals surface area contributed by atoms with Gasteiger partial charge in [0.1, 0.15) is 17.4 Å². The van der Waals surface area contributed by atoms with E-state index in [4.69, 9.17) is 9.72 Å². The zero-order valence-corrected chi connectivity index (χ0v) is 22.0. The fourth-order valence-electron chi connectivity index (χ4n) is 5.03. The maximum atomic E-state index is 14.7. The zero-order chi connectivity index (χ0) is 27.1. The minimum atomic E-state index is -0.638. The Kier molecular flexibility index (Phi) is 6.51. The Morgan fingerprint density at radius 1 is 0.872 bits per heavy atom. The highest BCUT2D eigenvalue weighted by molar-refractivity contribution is 5.66. The summed E-state index contributed by atoms with van der Waals surface area (Å²) in [5, 5.41) is 0. The van der Waals surface area contributed by atoms with E-state index in [1.54, 1.807) is 8.97 Å². The lowest BCUT2D eigenvalue weighted by atomic mass is 10.0. The molecule has 0 aliphatic heterocycles. The standard InChI is InChI=1S/C32H29F2N3O2/c1-20-26(17-22-7-4-3-5-8-22)31(38)37-21(2)30(24-13-15-25(16-14-24)39-19-23-11-12-23)35-32(37)36(20)18-27-28(33)9-6-10-29(27)34/h3-10,13-16,23H,11-12,17-19H2,1-2H3. The highest BCUT2D eigenvalue weighted by atomic mass is 19.1. The van der Waals surface area contributed by atoms with Crippen LogP contribution < -0.4 is 10.3 Å². The molecule has 0 unspecified atom stereocenters. The van der Waals surface area contributed by atoms with Gasteiger partial charge in [-0.05, 0) is 74.6 Å². The van der Waals surface area contributed by atoms with Crippen LogP contribution >= 0.6 is 0 Å². The summed E-state index contributed by atoms with van der Waals surface area (Å²) in [7, 11) is 0. The van der Waals surface area contributed by atoms with Crippen molar-refractivity contribution < 1.29 is 13.5 Å². The predicted molar refractivity (Wildman–Crippen MR) is 147 cm³/mol. The minimum Gasteiger partial charge on any atom is -0.493 e. The van der Waals surface area contributed by atoms with Crippen LogP contribution in [0.4, 0.5) is 8.78 Å². The van der Waals surface area contributed by atoms with Crippen LogP contribution in [-0.4, -0.2) is 20.6 Å². The molecule has 0 bridgehead atoms. The molecule has 0 spiro atoms. The van der Waals surface area contributed by atoms with Crippen LogP contribution in [0.3, 0.4) is 0 Å². The number of imidazole rings is 1. The molecule has 1 fully saturated rings. The van der Waals surface area contributed by atoms with Crippen molar-refractivity contribution in [3.63, 3.8) is 0 Å². The minimum absolute atomic E-state index is 0.0730. The van der Waals surface area contributed by atoms with Crippen molar-refractivity contribution in [2.24, 2.45) is 5.92 Å². The molecule has 2 aromatic heterocycles. The molecule has 7 heteroatoms. The van der Waals surface area contributed by atoms with E-state index in [0.717, 1.165) is 23.5 Å².